The van der Waals surface area contributed by atoms with Gasteiger partial charge in [0.15, 0.2) is 0 Å². The molecule has 3 heterocycles. The van der Waals surface area contributed by atoms with E-state index in [1.807, 2.05) is 0 Å². The Morgan fingerprint density at radius 3 is 2.61 bits per heavy atom. The number of fused-ring (bicyclic) bond motifs is 1. The van der Waals surface area contributed by atoms with E-state index in [9.17, 15) is 24.0 Å². The first-order valence-corrected chi connectivity index (χ1v) is 9.16. The molecule has 3 aliphatic heterocycles. The zero-order chi connectivity index (χ0) is 20.0. The van der Waals surface area contributed by atoms with Crippen LogP contribution in [-0.4, -0.2) is 77.0 Å². The molecule has 0 radical (unpaired) electrons. The lowest BCUT2D eigenvalue weighted by molar-refractivity contribution is -0.137. The Hall–Kier alpha value is -3.23. The van der Waals surface area contributed by atoms with E-state index in [-0.39, 0.29) is 43.1 Å². The number of piperazine rings is 1. The fourth-order valence-electron chi connectivity index (χ4n) is 3.82. The summed E-state index contributed by atoms with van der Waals surface area (Å²) in [4.78, 5) is 65.3. The van der Waals surface area contributed by atoms with Crippen molar-refractivity contribution in [2.75, 3.05) is 26.7 Å². The normalized spacial score (nSPS) is 22.5. The van der Waals surface area contributed by atoms with Crippen LogP contribution < -0.4 is 5.32 Å². The Morgan fingerprint density at radius 2 is 1.89 bits per heavy atom. The molecule has 0 aromatic heterocycles. The third-order valence-corrected chi connectivity index (χ3v) is 5.51. The zero-order valence-corrected chi connectivity index (χ0v) is 15.4. The summed E-state index contributed by atoms with van der Waals surface area (Å²) in [5.41, 5.74) is 1.53. The maximum absolute atomic E-state index is 12.8. The summed E-state index contributed by atoms with van der Waals surface area (Å²) in [7, 11) is 1.70. The average Bonchev–Trinajstić information content (AvgIpc) is 2.99. The van der Waals surface area contributed by atoms with Gasteiger partial charge in [0.2, 0.25) is 17.7 Å². The van der Waals surface area contributed by atoms with Crippen LogP contribution in [0.15, 0.2) is 18.2 Å². The largest absolute Gasteiger partial charge is 0.342 e. The van der Waals surface area contributed by atoms with E-state index in [2.05, 4.69) is 5.32 Å². The number of nitrogens with one attached hydrogen (secondary N) is 1. The molecular formula is C19H20N4O5. The van der Waals surface area contributed by atoms with E-state index in [1.54, 1.807) is 30.1 Å². The SMILES string of the molecule is CN1CCN(C(=O)c2ccc3c(c2)CN(C2CCC(=O)NC2=O)C3=O)CC1=O. The lowest BCUT2D eigenvalue weighted by Gasteiger charge is -2.32. The number of amides is 5. The molecule has 4 rings (SSSR count). The second kappa shape index (κ2) is 6.74. The Kier molecular flexibility index (Phi) is 4.37. The fourth-order valence-corrected chi connectivity index (χ4v) is 3.82. The van der Waals surface area contributed by atoms with Crippen LogP contribution in [-0.2, 0) is 20.9 Å². The molecule has 3 aliphatic rings. The lowest BCUT2D eigenvalue weighted by Crippen LogP contribution is -2.52. The number of hydrogen-bond donors (Lipinski definition) is 1. The van der Waals surface area contributed by atoms with E-state index >= 15 is 0 Å². The highest BCUT2D eigenvalue weighted by atomic mass is 16.2. The summed E-state index contributed by atoms with van der Waals surface area (Å²) in [6, 6.07) is 4.14. The van der Waals surface area contributed by atoms with E-state index in [0.29, 0.717) is 36.2 Å². The lowest BCUT2D eigenvalue weighted by atomic mass is 10.0. The van der Waals surface area contributed by atoms with Crippen LogP contribution in [0.25, 0.3) is 0 Å². The standard InChI is InChI=1S/C19H20N4O5/c1-21-6-7-22(10-16(21)25)18(27)11-2-3-13-12(8-11)9-23(19(13)28)14-4-5-15(24)20-17(14)26/h2-3,8,14H,4-7,9-10H2,1H3,(H,20,24,26). The molecule has 0 spiro atoms. The molecule has 2 fully saturated rings. The molecule has 1 atom stereocenters. The summed E-state index contributed by atoms with van der Waals surface area (Å²) in [5, 5.41) is 2.27. The summed E-state index contributed by atoms with van der Waals surface area (Å²) < 4.78 is 0. The van der Waals surface area contributed by atoms with Gasteiger partial charge in [-0.2, -0.15) is 0 Å². The highest BCUT2D eigenvalue weighted by molar-refractivity contribution is 6.06. The molecule has 9 nitrogen and oxygen atoms in total. The third kappa shape index (κ3) is 3.02. The van der Waals surface area contributed by atoms with Crippen molar-refractivity contribution in [3.63, 3.8) is 0 Å². The topological polar surface area (TPSA) is 107 Å². The van der Waals surface area contributed by atoms with E-state index < -0.39 is 11.9 Å². The Labute approximate surface area is 161 Å². The van der Waals surface area contributed by atoms with Crippen molar-refractivity contribution in [1.82, 2.24) is 20.0 Å². The molecule has 0 bridgehead atoms. The van der Waals surface area contributed by atoms with Gasteiger partial charge < -0.3 is 14.7 Å². The summed E-state index contributed by atoms with van der Waals surface area (Å²) in [6.45, 7) is 1.19. The monoisotopic (exact) mass is 384 g/mol. The number of hydrogen-bond acceptors (Lipinski definition) is 5. The maximum atomic E-state index is 12.8. The van der Waals surface area contributed by atoms with Gasteiger partial charge in [-0.1, -0.05) is 0 Å². The second-order valence-corrected chi connectivity index (χ2v) is 7.31. The predicted molar refractivity (Wildman–Crippen MR) is 96.0 cm³/mol. The highest BCUT2D eigenvalue weighted by Gasteiger charge is 2.39. The first kappa shape index (κ1) is 18.1. The molecule has 9 heteroatoms. The predicted octanol–water partition coefficient (Wildman–Crippen LogP) is -0.638. The van der Waals surface area contributed by atoms with Gasteiger partial charge in [0.25, 0.3) is 11.8 Å². The van der Waals surface area contributed by atoms with Gasteiger partial charge >= 0.3 is 0 Å². The van der Waals surface area contributed by atoms with Crippen LogP contribution in [0, 0.1) is 0 Å². The van der Waals surface area contributed by atoms with Gasteiger partial charge in [0, 0.05) is 44.2 Å². The second-order valence-electron chi connectivity index (χ2n) is 7.31. The van der Waals surface area contributed by atoms with Crippen molar-refractivity contribution in [1.29, 1.82) is 0 Å². The molecule has 28 heavy (non-hydrogen) atoms. The molecule has 2 saturated heterocycles. The molecule has 0 aliphatic carbocycles. The average molecular weight is 384 g/mol. The smallest absolute Gasteiger partial charge is 0.255 e. The van der Waals surface area contributed by atoms with Crippen molar-refractivity contribution in [3.8, 4) is 0 Å². The molecule has 1 N–H and O–H groups in total. The number of piperidine rings is 1. The van der Waals surface area contributed by atoms with Gasteiger partial charge in [-0.15, -0.1) is 0 Å². The van der Waals surface area contributed by atoms with E-state index in [4.69, 9.17) is 0 Å². The summed E-state index contributed by atoms with van der Waals surface area (Å²) in [5.74, 6) is -1.45. The van der Waals surface area contributed by atoms with Crippen molar-refractivity contribution >= 4 is 29.5 Å². The third-order valence-electron chi connectivity index (χ3n) is 5.51. The van der Waals surface area contributed by atoms with Crippen molar-refractivity contribution in [3.05, 3.63) is 34.9 Å². The minimum Gasteiger partial charge on any atom is -0.342 e. The minimum atomic E-state index is -0.688. The molecule has 1 unspecified atom stereocenters. The number of likely N-dealkylation sites (N-methyl/N-ethyl adjacent to an activating group) is 1. The van der Waals surface area contributed by atoms with Crippen LogP contribution in [0.3, 0.4) is 0 Å². The molecular weight excluding hydrogens is 364 g/mol. The van der Waals surface area contributed by atoms with E-state index in [1.165, 1.54) is 9.80 Å². The first-order chi connectivity index (χ1) is 13.3. The van der Waals surface area contributed by atoms with Gasteiger partial charge in [0.05, 0.1) is 0 Å². The van der Waals surface area contributed by atoms with Gasteiger partial charge in [-0.3, -0.25) is 29.3 Å². The molecule has 146 valence electrons. The highest BCUT2D eigenvalue weighted by Crippen LogP contribution is 2.28. The summed E-state index contributed by atoms with van der Waals surface area (Å²) in [6.07, 6.45) is 0.483. The van der Waals surface area contributed by atoms with Crippen LogP contribution in [0.2, 0.25) is 0 Å². The Balaban J connectivity index is 1.52. The quantitative estimate of drug-likeness (QED) is 0.683. The first-order valence-electron chi connectivity index (χ1n) is 9.16. The zero-order valence-electron chi connectivity index (χ0n) is 15.4. The number of rotatable bonds is 2. The molecule has 1 aromatic rings. The molecule has 1 aromatic carbocycles. The van der Waals surface area contributed by atoms with Crippen LogP contribution in [0.1, 0.15) is 39.1 Å². The van der Waals surface area contributed by atoms with Gasteiger partial charge in [-0.25, -0.2) is 0 Å². The number of carbonyl (C=O) groups is 5. The number of carbonyl (C=O) groups excluding carboxylic acids is 5. The van der Waals surface area contributed by atoms with Crippen molar-refractivity contribution in [2.24, 2.45) is 0 Å². The number of nitrogens with zero attached hydrogens (tertiary/aromatic N) is 3. The van der Waals surface area contributed by atoms with Crippen molar-refractivity contribution in [2.45, 2.75) is 25.4 Å². The number of benzene rings is 1. The van der Waals surface area contributed by atoms with Crippen LogP contribution in [0.4, 0.5) is 0 Å². The van der Waals surface area contributed by atoms with Crippen molar-refractivity contribution < 1.29 is 24.0 Å². The molecule has 5 amide bonds. The Morgan fingerprint density at radius 1 is 1.11 bits per heavy atom. The minimum absolute atomic E-state index is 0.0355. The van der Waals surface area contributed by atoms with E-state index in [0.717, 1.165) is 0 Å². The van der Waals surface area contributed by atoms with Crippen LogP contribution >= 0.6 is 0 Å². The number of imide groups is 1. The summed E-state index contributed by atoms with van der Waals surface area (Å²) >= 11 is 0. The van der Waals surface area contributed by atoms with Crippen LogP contribution in [0.5, 0.6) is 0 Å². The Bertz CT molecular complexity index is 912. The maximum Gasteiger partial charge on any atom is 0.255 e. The molecule has 0 saturated carbocycles. The van der Waals surface area contributed by atoms with Gasteiger partial charge in [-0.05, 0) is 30.2 Å². The fraction of sp³-hybridized carbons (Fsp3) is 0.421. The van der Waals surface area contributed by atoms with Gasteiger partial charge in [0.1, 0.15) is 12.6 Å².